The average Bonchev–Trinajstić information content (AvgIpc) is 2.36. The van der Waals surface area contributed by atoms with Gasteiger partial charge in [0.25, 0.3) is 5.56 Å². The topological polar surface area (TPSA) is 54.9 Å². The van der Waals surface area contributed by atoms with Gasteiger partial charge in [0.2, 0.25) is 0 Å². The predicted octanol–water partition coefficient (Wildman–Crippen LogP) is 2.59. The second-order valence-corrected chi connectivity index (χ2v) is 5.07. The standard InChI is InChI=1S/C12H9BrClFN2O2/c13-8-3-1-7(2-4-8)9-10(14)16-12(19)17(6-5-15)11(9)18/h1-4H,5-6H2,(H,16,19). The first-order chi connectivity index (χ1) is 9.04. The van der Waals surface area contributed by atoms with Crippen LogP contribution in [0.2, 0.25) is 5.15 Å². The van der Waals surface area contributed by atoms with Gasteiger partial charge in [-0.1, -0.05) is 39.7 Å². The van der Waals surface area contributed by atoms with Gasteiger partial charge in [-0.3, -0.25) is 14.3 Å². The molecule has 4 nitrogen and oxygen atoms in total. The summed E-state index contributed by atoms with van der Waals surface area (Å²) in [5.41, 5.74) is -0.605. The van der Waals surface area contributed by atoms with Crippen molar-refractivity contribution in [1.29, 1.82) is 0 Å². The van der Waals surface area contributed by atoms with Gasteiger partial charge in [0.05, 0.1) is 12.1 Å². The van der Waals surface area contributed by atoms with Crippen LogP contribution in [0.4, 0.5) is 4.39 Å². The molecule has 0 aliphatic heterocycles. The van der Waals surface area contributed by atoms with Gasteiger partial charge in [-0.05, 0) is 17.7 Å². The first-order valence-electron chi connectivity index (χ1n) is 5.39. The molecule has 0 amide bonds. The van der Waals surface area contributed by atoms with Gasteiger partial charge in [-0.25, -0.2) is 9.18 Å². The normalized spacial score (nSPS) is 10.7. The lowest BCUT2D eigenvalue weighted by molar-refractivity contribution is 0.432. The number of aromatic nitrogens is 2. The first-order valence-corrected chi connectivity index (χ1v) is 6.56. The predicted molar refractivity (Wildman–Crippen MR) is 75.4 cm³/mol. The maximum atomic E-state index is 12.4. The maximum Gasteiger partial charge on any atom is 0.329 e. The fourth-order valence-electron chi connectivity index (χ4n) is 1.70. The summed E-state index contributed by atoms with van der Waals surface area (Å²) in [6.45, 7) is -1.10. The van der Waals surface area contributed by atoms with Crippen molar-refractivity contribution < 1.29 is 4.39 Å². The number of hydrogen-bond acceptors (Lipinski definition) is 2. The molecule has 2 aromatic rings. The minimum absolute atomic E-state index is 0.0487. The molecule has 0 aliphatic rings. The Kier molecular flexibility index (Phi) is 4.21. The van der Waals surface area contributed by atoms with Gasteiger partial charge in [0.15, 0.2) is 0 Å². The molecule has 7 heteroatoms. The molecular formula is C12H9BrClFN2O2. The summed E-state index contributed by atoms with van der Waals surface area (Å²) in [6.07, 6.45) is 0. The van der Waals surface area contributed by atoms with E-state index in [1.54, 1.807) is 24.3 Å². The Morgan fingerprint density at radius 2 is 1.89 bits per heavy atom. The van der Waals surface area contributed by atoms with Crippen molar-refractivity contribution in [3.8, 4) is 11.1 Å². The van der Waals surface area contributed by atoms with Crippen molar-refractivity contribution in [3.05, 3.63) is 54.7 Å². The highest BCUT2D eigenvalue weighted by molar-refractivity contribution is 9.10. The summed E-state index contributed by atoms with van der Waals surface area (Å²) >= 11 is 9.19. The summed E-state index contributed by atoms with van der Waals surface area (Å²) in [4.78, 5) is 26.0. The molecule has 1 N–H and O–H groups in total. The molecule has 100 valence electrons. The second-order valence-electron chi connectivity index (χ2n) is 3.77. The number of nitrogens with one attached hydrogen (secondary N) is 1. The number of aromatic amines is 1. The van der Waals surface area contributed by atoms with Gasteiger partial charge in [-0.2, -0.15) is 0 Å². The molecule has 0 radical (unpaired) electrons. The van der Waals surface area contributed by atoms with Crippen LogP contribution >= 0.6 is 27.5 Å². The van der Waals surface area contributed by atoms with E-state index in [0.29, 0.717) is 5.56 Å². The van der Waals surface area contributed by atoms with E-state index in [4.69, 9.17) is 11.6 Å². The van der Waals surface area contributed by atoms with Crippen molar-refractivity contribution >= 4 is 27.5 Å². The molecule has 1 aromatic carbocycles. The second kappa shape index (κ2) is 5.71. The molecule has 19 heavy (non-hydrogen) atoms. The third-order valence-electron chi connectivity index (χ3n) is 2.58. The van der Waals surface area contributed by atoms with Gasteiger partial charge in [-0.15, -0.1) is 0 Å². The van der Waals surface area contributed by atoms with E-state index < -0.39 is 17.9 Å². The van der Waals surface area contributed by atoms with Gasteiger partial charge >= 0.3 is 5.69 Å². The number of alkyl halides is 1. The van der Waals surface area contributed by atoms with E-state index in [9.17, 15) is 14.0 Å². The van der Waals surface area contributed by atoms with Crippen molar-refractivity contribution in [1.82, 2.24) is 9.55 Å². The third-order valence-corrected chi connectivity index (χ3v) is 3.39. The van der Waals surface area contributed by atoms with Crippen LogP contribution in [0.1, 0.15) is 0 Å². The SMILES string of the molecule is O=c1[nH]c(Cl)c(-c2ccc(Br)cc2)c(=O)n1CCF. The van der Waals surface area contributed by atoms with Crippen LogP contribution in [0.3, 0.4) is 0 Å². The Morgan fingerprint density at radius 1 is 1.26 bits per heavy atom. The van der Waals surface area contributed by atoms with Crippen molar-refractivity contribution in [2.45, 2.75) is 6.54 Å². The van der Waals surface area contributed by atoms with E-state index in [1.165, 1.54) is 0 Å². The summed E-state index contributed by atoms with van der Waals surface area (Å²) in [5.74, 6) is 0. The quantitative estimate of drug-likeness (QED) is 0.868. The Bertz CT molecular complexity index is 709. The van der Waals surface area contributed by atoms with Crippen LogP contribution in [0.25, 0.3) is 11.1 Å². The zero-order valence-electron chi connectivity index (χ0n) is 9.62. The van der Waals surface area contributed by atoms with Gasteiger partial charge < -0.3 is 0 Å². The van der Waals surface area contributed by atoms with Crippen LogP contribution in [-0.2, 0) is 6.54 Å². The highest BCUT2D eigenvalue weighted by Gasteiger charge is 2.14. The Labute approximate surface area is 121 Å². The third kappa shape index (κ3) is 2.79. The van der Waals surface area contributed by atoms with E-state index in [0.717, 1.165) is 9.04 Å². The molecule has 1 heterocycles. The van der Waals surface area contributed by atoms with E-state index in [1.807, 2.05) is 0 Å². The molecule has 1 aromatic heterocycles. The molecule has 0 saturated carbocycles. The zero-order chi connectivity index (χ0) is 14.0. The molecule has 0 spiro atoms. The lowest BCUT2D eigenvalue weighted by Gasteiger charge is -2.07. The number of benzene rings is 1. The maximum absolute atomic E-state index is 12.4. The molecule has 0 atom stereocenters. The summed E-state index contributed by atoms with van der Waals surface area (Å²) < 4.78 is 14.0. The monoisotopic (exact) mass is 346 g/mol. The summed E-state index contributed by atoms with van der Waals surface area (Å²) in [5, 5.41) is -0.0487. The highest BCUT2D eigenvalue weighted by atomic mass is 79.9. The summed E-state index contributed by atoms with van der Waals surface area (Å²) in [6, 6.07) is 6.86. The number of nitrogens with zero attached hydrogens (tertiary/aromatic N) is 1. The Balaban J connectivity index is 2.70. The fraction of sp³-hybridized carbons (Fsp3) is 0.167. The fourth-order valence-corrected chi connectivity index (χ4v) is 2.23. The smallest absolute Gasteiger partial charge is 0.297 e. The largest absolute Gasteiger partial charge is 0.329 e. The van der Waals surface area contributed by atoms with Crippen LogP contribution in [-0.4, -0.2) is 16.2 Å². The van der Waals surface area contributed by atoms with E-state index in [2.05, 4.69) is 20.9 Å². The Hall–Kier alpha value is -1.40. The minimum Gasteiger partial charge on any atom is -0.297 e. The van der Waals surface area contributed by atoms with Crippen LogP contribution in [0, 0.1) is 0 Å². The number of hydrogen-bond donors (Lipinski definition) is 1. The molecule has 0 aliphatic carbocycles. The number of rotatable bonds is 3. The molecule has 2 rings (SSSR count). The number of halogens is 3. The lowest BCUT2D eigenvalue weighted by Crippen LogP contribution is -2.36. The molecule has 0 saturated heterocycles. The molecule has 0 fully saturated rings. The lowest BCUT2D eigenvalue weighted by atomic mass is 10.1. The van der Waals surface area contributed by atoms with Crippen molar-refractivity contribution in [3.63, 3.8) is 0 Å². The van der Waals surface area contributed by atoms with Crippen LogP contribution in [0.5, 0.6) is 0 Å². The van der Waals surface area contributed by atoms with Crippen LogP contribution in [0.15, 0.2) is 38.3 Å². The highest BCUT2D eigenvalue weighted by Crippen LogP contribution is 2.23. The Morgan fingerprint density at radius 3 is 2.47 bits per heavy atom. The molecule has 0 unspecified atom stereocenters. The first kappa shape index (κ1) is 14.0. The van der Waals surface area contributed by atoms with E-state index in [-0.39, 0.29) is 17.3 Å². The van der Waals surface area contributed by atoms with E-state index >= 15 is 0 Å². The summed E-state index contributed by atoms with van der Waals surface area (Å²) in [7, 11) is 0. The molecular weight excluding hydrogens is 338 g/mol. The van der Waals surface area contributed by atoms with Crippen LogP contribution < -0.4 is 11.2 Å². The average molecular weight is 348 g/mol. The number of H-pyrrole nitrogens is 1. The van der Waals surface area contributed by atoms with Crippen molar-refractivity contribution in [2.75, 3.05) is 6.67 Å². The minimum atomic E-state index is -0.801. The van der Waals surface area contributed by atoms with Gasteiger partial charge in [0.1, 0.15) is 11.8 Å². The molecule has 0 bridgehead atoms. The van der Waals surface area contributed by atoms with Crippen molar-refractivity contribution in [2.24, 2.45) is 0 Å². The zero-order valence-corrected chi connectivity index (χ0v) is 12.0. The van der Waals surface area contributed by atoms with Gasteiger partial charge in [0, 0.05) is 4.47 Å².